The fourth-order valence-corrected chi connectivity index (χ4v) is 6.65. The SMILES string of the molecule is C=CCN1CC[C@@]2(c3cccc(OC(C)=O)c3)C[C@@H](N(CC(C)C)C(=O)c3ccccc3)CC(OC)[C@@H]2C1. The number of rotatable bonds is 9. The van der Waals surface area contributed by atoms with Crippen molar-refractivity contribution in [1.82, 2.24) is 9.80 Å². The van der Waals surface area contributed by atoms with Crippen LogP contribution in [0.25, 0.3) is 0 Å². The molecule has 1 saturated carbocycles. The van der Waals surface area contributed by atoms with Gasteiger partial charge in [-0.25, -0.2) is 0 Å². The number of carbonyl (C=O) groups excluding carboxylic acids is 2. The first-order chi connectivity index (χ1) is 18.3. The molecule has 1 saturated heterocycles. The van der Waals surface area contributed by atoms with Crippen LogP contribution in [0.1, 0.15) is 56.0 Å². The summed E-state index contributed by atoms with van der Waals surface area (Å²) in [5.74, 6) is 0.874. The summed E-state index contributed by atoms with van der Waals surface area (Å²) in [4.78, 5) is 30.2. The van der Waals surface area contributed by atoms with Crippen molar-refractivity contribution in [1.29, 1.82) is 0 Å². The first kappa shape index (κ1) is 28.1. The molecule has 0 aromatic heterocycles. The van der Waals surface area contributed by atoms with Crippen molar-refractivity contribution in [3.8, 4) is 5.75 Å². The Bertz CT molecular complexity index is 1120. The summed E-state index contributed by atoms with van der Waals surface area (Å²) in [6, 6.07) is 17.6. The molecule has 1 aliphatic heterocycles. The second kappa shape index (κ2) is 12.3. The molecule has 1 unspecified atom stereocenters. The molecule has 0 radical (unpaired) electrons. The molecule has 6 nitrogen and oxygen atoms in total. The highest BCUT2D eigenvalue weighted by molar-refractivity contribution is 5.94. The largest absolute Gasteiger partial charge is 0.427 e. The molecule has 0 bridgehead atoms. The van der Waals surface area contributed by atoms with Crippen LogP contribution in [0.5, 0.6) is 5.75 Å². The molecular weight excluding hydrogens is 476 g/mol. The smallest absolute Gasteiger partial charge is 0.308 e. The highest BCUT2D eigenvalue weighted by Crippen LogP contribution is 2.51. The number of esters is 1. The van der Waals surface area contributed by atoms with E-state index in [4.69, 9.17) is 9.47 Å². The molecule has 2 aromatic carbocycles. The molecule has 1 aliphatic carbocycles. The molecular formula is C32H42N2O4. The van der Waals surface area contributed by atoms with Crippen molar-refractivity contribution < 1.29 is 19.1 Å². The molecule has 4 rings (SSSR count). The van der Waals surface area contributed by atoms with Crippen LogP contribution in [0.3, 0.4) is 0 Å². The van der Waals surface area contributed by atoms with Crippen LogP contribution in [-0.2, 0) is 14.9 Å². The van der Waals surface area contributed by atoms with Gasteiger partial charge in [-0.2, -0.15) is 0 Å². The average molecular weight is 519 g/mol. The maximum atomic E-state index is 13.9. The van der Waals surface area contributed by atoms with Gasteiger partial charge in [0.1, 0.15) is 5.75 Å². The van der Waals surface area contributed by atoms with Crippen molar-refractivity contribution in [3.63, 3.8) is 0 Å². The number of amides is 1. The third-order valence-electron chi connectivity index (χ3n) is 8.24. The van der Waals surface area contributed by atoms with E-state index >= 15 is 0 Å². The summed E-state index contributed by atoms with van der Waals surface area (Å²) in [6.45, 7) is 13.1. The van der Waals surface area contributed by atoms with E-state index < -0.39 is 0 Å². The number of carbonyl (C=O) groups is 2. The highest BCUT2D eigenvalue weighted by atomic mass is 16.5. The highest BCUT2D eigenvalue weighted by Gasteiger charge is 2.54. The van der Waals surface area contributed by atoms with Crippen LogP contribution in [0.4, 0.5) is 0 Å². The van der Waals surface area contributed by atoms with Crippen LogP contribution in [0, 0.1) is 11.8 Å². The van der Waals surface area contributed by atoms with Crippen LogP contribution in [0.2, 0.25) is 0 Å². The van der Waals surface area contributed by atoms with Crippen LogP contribution in [-0.4, -0.2) is 67.1 Å². The molecule has 0 N–H and O–H groups in total. The van der Waals surface area contributed by atoms with Gasteiger partial charge in [0.2, 0.25) is 0 Å². The maximum Gasteiger partial charge on any atom is 0.308 e. The number of fused-ring (bicyclic) bond motifs is 1. The van der Waals surface area contributed by atoms with Crippen LogP contribution in [0.15, 0.2) is 67.3 Å². The Labute approximate surface area is 227 Å². The Balaban J connectivity index is 1.77. The third kappa shape index (κ3) is 6.02. The van der Waals surface area contributed by atoms with E-state index in [1.165, 1.54) is 6.92 Å². The van der Waals surface area contributed by atoms with Gasteiger partial charge < -0.3 is 14.4 Å². The third-order valence-corrected chi connectivity index (χ3v) is 8.24. The minimum atomic E-state index is -0.329. The molecule has 2 aliphatic rings. The summed E-state index contributed by atoms with van der Waals surface area (Å²) in [7, 11) is 1.80. The van der Waals surface area contributed by atoms with E-state index in [9.17, 15) is 9.59 Å². The van der Waals surface area contributed by atoms with E-state index in [0.717, 1.165) is 50.0 Å². The van der Waals surface area contributed by atoms with E-state index in [1.54, 1.807) is 7.11 Å². The lowest BCUT2D eigenvalue weighted by Gasteiger charge is -2.57. The molecule has 4 atom stereocenters. The molecule has 6 heteroatoms. The van der Waals surface area contributed by atoms with Crippen molar-refractivity contribution in [3.05, 3.63) is 78.4 Å². The normalized spacial score (nSPS) is 25.4. The molecule has 1 amide bonds. The lowest BCUT2D eigenvalue weighted by molar-refractivity contribution is -0.131. The quantitative estimate of drug-likeness (QED) is 0.255. The average Bonchev–Trinajstić information content (AvgIpc) is 2.91. The first-order valence-corrected chi connectivity index (χ1v) is 13.8. The zero-order valence-electron chi connectivity index (χ0n) is 23.3. The minimum absolute atomic E-state index is 0.0167. The van der Waals surface area contributed by atoms with Crippen molar-refractivity contribution >= 4 is 11.9 Å². The molecule has 38 heavy (non-hydrogen) atoms. The lowest BCUT2D eigenvalue weighted by atomic mass is 9.56. The Morgan fingerprint density at radius 2 is 1.95 bits per heavy atom. The molecule has 2 aromatic rings. The van der Waals surface area contributed by atoms with Crippen molar-refractivity contribution in [2.75, 3.05) is 33.3 Å². The Morgan fingerprint density at radius 3 is 2.61 bits per heavy atom. The predicted molar refractivity (Wildman–Crippen MR) is 150 cm³/mol. The molecule has 204 valence electrons. The van der Waals surface area contributed by atoms with Gasteiger partial charge in [-0.3, -0.25) is 14.5 Å². The second-order valence-corrected chi connectivity index (χ2v) is 11.3. The Morgan fingerprint density at radius 1 is 1.18 bits per heavy atom. The number of ether oxygens (including phenoxy) is 2. The molecule has 1 heterocycles. The number of benzene rings is 2. The van der Waals surface area contributed by atoms with Gasteiger partial charge in [0.05, 0.1) is 6.10 Å². The standard InChI is InChI=1S/C32H42N2O4/c1-6-16-33-17-15-32(26-13-10-14-28(18-26)38-24(4)35)20-27(19-30(37-5)29(32)22-33)34(21-23(2)3)31(36)25-11-8-7-9-12-25/h6-14,18,23,27,29-30H,1,15-17,19-22H2,2-5H3/t27-,29-,30?,32-/m0/s1. The van der Waals surface area contributed by atoms with Crippen LogP contribution >= 0.6 is 0 Å². The predicted octanol–water partition coefficient (Wildman–Crippen LogP) is 5.33. The number of methoxy groups -OCH3 is 1. The van der Waals surface area contributed by atoms with E-state index in [0.29, 0.717) is 18.2 Å². The number of likely N-dealkylation sites (tertiary alicyclic amines) is 1. The fourth-order valence-electron chi connectivity index (χ4n) is 6.65. The zero-order valence-corrected chi connectivity index (χ0v) is 23.3. The maximum absolute atomic E-state index is 13.9. The Hall–Kier alpha value is -2.96. The summed E-state index contributed by atoms with van der Waals surface area (Å²) in [5, 5.41) is 0. The summed E-state index contributed by atoms with van der Waals surface area (Å²) < 4.78 is 11.7. The van der Waals surface area contributed by atoms with E-state index in [1.807, 2.05) is 54.6 Å². The van der Waals surface area contributed by atoms with Gasteiger partial charge >= 0.3 is 5.97 Å². The van der Waals surface area contributed by atoms with Crippen LogP contribution < -0.4 is 4.74 Å². The van der Waals surface area contributed by atoms with E-state index in [2.05, 4.69) is 36.3 Å². The van der Waals surface area contributed by atoms with E-state index in [-0.39, 0.29) is 35.4 Å². The molecule has 2 fully saturated rings. The van der Waals surface area contributed by atoms with Gasteiger partial charge in [0.15, 0.2) is 0 Å². The number of nitrogens with zero attached hydrogens (tertiary/aromatic N) is 2. The van der Waals surface area contributed by atoms with Gasteiger partial charge in [-0.05, 0) is 61.6 Å². The zero-order chi connectivity index (χ0) is 27.3. The van der Waals surface area contributed by atoms with Gasteiger partial charge in [0.25, 0.3) is 5.91 Å². The summed E-state index contributed by atoms with van der Waals surface area (Å²) in [5.41, 5.74) is 1.66. The lowest BCUT2D eigenvalue weighted by Crippen LogP contribution is -2.62. The van der Waals surface area contributed by atoms with Gasteiger partial charge in [-0.15, -0.1) is 6.58 Å². The fraction of sp³-hybridized carbons (Fsp3) is 0.500. The number of hydrogen-bond acceptors (Lipinski definition) is 5. The minimum Gasteiger partial charge on any atom is -0.427 e. The number of piperidine rings is 1. The first-order valence-electron chi connectivity index (χ1n) is 13.8. The Kier molecular flexibility index (Phi) is 9.06. The van der Waals surface area contributed by atoms with Crippen molar-refractivity contribution in [2.45, 2.75) is 57.6 Å². The summed E-state index contributed by atoms with van der Waals surface area (Å²) >= 11 is 0. The van der Waals surface area contributed by atoms with Crippen molar-refractivity contribution in [2.24, 2.45) is 11.8 Å². The number of hydrogen-bond donors (Lipinski definition) is 0. The molecule has 0 spiro atoms. The van der Waals surface area contributed by atoms with Gasteiger partial charge in [-0.1, -0.05) is 50.3 Å². The van der Waals surface area contributed by atoms with Gasteiger partial charge in [0, 0.05) is 56.6 Å². The summed E-state index contributed by atoms with van der Waals surface area (Å²) in [6.07, 6.45) is 4.51. The second-order valence-electron chi connectivity index (χ2n) is 11.3. The topological polar surface area (TPSA) is 59.1 Å². The monoisotopic (exact) mass is 518 g/mol.